The number of amides is 2. The van der Waals surface area contributed by atoms with Gasteiger partial charge in [-0.2, -0.15) is 0 Å². The van der Waals surface area contributed by atoms with Gasteiger partial charge < -0.3 is 14.6 Å². The van der Waals surface area contributed by atoms with E-state index in [1.807, 2.05) is 35.4 Å². The van der Waals surface area contributed by atoms with E-state index in [1.54, 1.807) is 25.9 Å². The highest BCUT2D eigenvalue weighted by molar-refractivity contribution is 5.98. The normalized spacial score (nSPS) is 22.7. The number of methoxy groups -OCH3 is 1. The van der Waals surface area contributed by atoms with Crippen molar-refractivity contribution >= 4 is 28.4 Å². The highest BCUT2D eigenvalue weighted by Crippen LogP contribution is 2.56. The molecule has 2 atom stereocenters. The minimum Gasteiger partial charge on any atom is -0.497 e. The number of hydrogen-bond donors (Lipinski definition) is 1. The zero-order chi connectivity index (χ0) is 20.3. The molecule has 2 aromatic carbocycles. The first kappa shape index (κ1) is 17.8. The molecule has 1 N–H and O–H groups in total. The van der Waals surface area contributed by atoms with E-state index in [4.69, 9.17) is 4.74 Å². The van der Waals surface area contributed by atoms with Crippen LogP contribution < -0.4 is 9.64 Å². The molecule has 2 aliphatic heterocycles. The summed E-state index contributed by atoms with van der Waals surface area (Å²) in [6, 6.07) is 14.2. The molecule has 1 fully saturated rings. The van der Waals surface area contributed by atoms with E-state index in [2.05, 4.69) is 23.2 Å². The lowest BCUT2D eigenvalue weighted by molar-refractivity contribution is -0.130. The summed E-state index contributed by atoms with van der Waals surface area (Å²) in [6.07, 6.45) is 2.29. The lowest BCUT2D eigenvalue weighted by atomic mass is 9.73. The molecule has 6 heteroatoms. The number of carbonyl (C=O) groups excluding carboxylic acids is 2. The third-order valence-corrected chi connectivity index (χ3v) is 6.49. The Hall–Kier alpha value is -3.28. The first-order chi connectivity index (χ1) is 14.0. The van der Waals surface area contributed by atoms with Crippen molar-refractivity contribution in [3.8, 4) is 5.75 Å². The Morgan fingerprint density at radius 2 is 1.93 bits per heavy atom. The quantitative estimate of drug-likeness (QED) is 0.731. The SMILES string of the molecule is COc1ccc2c(c1)[C@@]1(c3ccc4cc[nH]c4c3)CCN(C(C)=O)[C@H]1N2C(C)=O. The summed E-state index contributed by atoms with van der Waals surface area (Å²) in [4.78, 5) is 32.2. The van der Waals surface area contributed by atoms with Crippen molar-refractivity contribution in [2.75, 3.05) is 18.6 Å². The van der Waals surface area contributed by atoms with E-state index < -0.39 is 5.41 Å². The predicted molar refractivity (Wildman–Crippen MR) is 111 cm³/mol. The number of hydrogen-bond acceptors (Lipinski definition) is 3. The molecule has 2 aliphatic rings. The van der Waals surface area contributed by atoms with Crippen LogP contribution in [-0.2, 0) is 15.0 Å². The van der Waals surface area contributed by atoms with Crippen LogP contribution in [0.1, 0.15) is 31.4 Å². The number of benzene rings is 2. The van der Waals surface area contributed by atoms with Gasteiger partial charge >= 0.3 is 0 Å². The van der Waals surface area contributed by atoms with Gasteiger partial charge in [-0.25, -0.2) is 0 Å². The Kier molecular flexibility index (Phi) is 3.75. The molecule has 1 saturated heterocycles. The van der Waals surface area contributed by atoms with E-state index in [9.17, 15) is 9.59 Å². The second-order valence-electron chi connectivity index (χ2n) is 7.86. The van der Waals surface area contributed by atoms with Crippen LogP contribution in [-0.4, -0.2) is 41.5 Å². The number of nitrogens with zero attached hydrogens (tertiary/aromatic N) is 2. The average molecular weight is 389 g/mol. The molecule has 2 amide bonds. The van der Waals surface area contributed by atoms with Crippen molar-refractivity contribution in [3.05, 3.63) is 59.8 Å². The molecule has 0 saturated carbocycles. The topological polar surface area (TPSA) is 65.6 Å². The fraction of sp³-hybridized carbons (Fsp3) is 0.304. The maximum absolute atomic E-state index is 12.8. The van der Waals surface area contributed by atoms with Gasteiger partial charge in [0.1, 0.15) is 11.9 Å². The van der Waals surface area contributed by atoms with Crippen molar-refractivity contribution in [1.82, 2.24) is 9.88 Å². The number of aromatic amines is 1. The second-order valence-corrected chi connectivity index (χ2v) is 7.86. The molecule has 1 aromatic heterocycles. The van der Waals surface area contributed by atoms with Crippen LogP contribution >= 0.6 is 0 Å². The number of likely N-dealkylation sites (tertiary alicyclic amines) is 1. The van der Waals surface area contributed by atoms with E-state index in [-0.39, 0.29) is 18.0 Å². The number of fused-ring (bicyclic) bond motifs is 4. The van der Waals surface area contributed by atoms with Crippen LogP contribution in [0, 0.1) is 0 Å². The molecule has 0 aliphatic carbocycles. The minimum absolute atomic E-state index is 0.0242. The highest BCUT2D eigenvalue weighted by Gasteiger charge is 2.60. The summed E-state index contributed by atoms with van der Waals surface area (Å²) in [5.74, 6) is 0.649. The zero-order valence-electron chi connectivity index (χ0n) is 16.7. The summed E-state index contributed by atoms with van der Waals surface area (Å²) < 4.78 is 5.51. The number of carbonyl (C=O) groups is 2. The van der Waals surface area contributed by atoms with Gasteiger partial charge in [-0.15, -0.1) is 0 Å². The summed E-state index contributed by atoms with van der Waals surface area (Å²) in [7, 11) is 1.64. The van der Waals surface area contributed by atoms with Crippen LogP contribution in [0.5, 0.6) is 5.75 Å². The van der Waals surface area contributed by atoms with Crippen LogP contribution in [0.3, 0.4) is 0 Å². The Morgan fingerprint density at radius 3 is 2.66 bits per heavy atom. The largest absolute Gasteiger partial charge is 0.497 e. The van der Waals surface area contributed by atoms with Crippen molar-refractivity contribution in [3.63, 3.8) is 0 Å². The predicted octanol–water partition coefficient (Wildman–Crippen LogP) is 3.41. The van der Waals surface area contributed by atoms with Gasteiger partial charge in [0.2, 0.25) is 11.8 Å². The van der Waals surface area contributed by atoms with Crippen molar-refractivity contribution in [1.29, 1.82) is 0 Å². The van der Waals surface area contributed by atoms with Crippen LogP contribution in [0.4, 0.5) is 5.69 Å². The summed E-state index contributed by atoms with van der Waals surface area (Å²) in [5.41, 5.74) is 3.52. The van der Waals surface area contributed by atoms with Gasteiger partial charge in [0.25, 0.3) is 0 Å². The molecule has 0 bridgehead atoms. The molecule has 3 aromatic rings. The van der Waals surface area contributed by atoms with Gasteiger partial charge in [-0.3, -0.25) is 14.5 Å². The van der Waals surface area contributed by atoms with E-state index >= 15 is 0 Å². The number of rotatable bonds is 2. The molecular formula is C23H23N3O3. The van der Waals surface area contributed by atoms with E-state index in [0.29, 0.717) is 6.54 Å². The van der Waals surface area contributed by atoms with Crippen LogP contribution in [0.25, 0.3) is 10.9 Å². The molecule has 5 rings (SSSR count). The second kappa shape index (κ2) is 6.11. The fourth-order valence-corrected chi connectivity index (χ4v) is 5.23. The monoisotopic (exact) mass is 389 g/mol. The maximum Gasteiger partial charge on any atom is 0.225 e. The van der Waals surface area contributed by atoms with Crippen LogP contribution in [0.2, 0.25) is 0 Å². The minimum atomic E-state index is -0.499. The highest BCUT2D eigenvalue weighted by atomic mass is 16.5. The molecule has 0 radical (unpaired) electrons. The molecule has 0 unspecified atom stereocenters. The summed E-state index contributed by atoms with van der Waals surface area (Å²) in [6.45, 7) is 3.74. The van der Waals surface area contributed by atoms with Gasteiger partial charge in [0.05, 0.1) is 18.2 Å². The number of ether oxygens (including phenoxy) is 1. The summed E-state index contributed by atoms with van der Waals surface area (Å²) in [5, 5.41) is 1.13. The van der Waals surface area contributed by atoms with Gasteiger partial charge in [-0.05, 0) is 53.3 Å². The third kappa shape index (κ3) is 2.29. The number of nitrogens with one attached hydrogen (secondary N) is 1. The number of aromatic nitrogens is 1. The molecule has 3 heterocycles. The first-order valence-corrected chi connectivity index (χ1v) is 9.80. The molecular weight excluding hydrogens is 366 g/mol. The van der Waals surface area contributed by atoms with Crippen LogP contribution in [0.15, 0.2) is 48.7 Å². The van der Waals surface area contributed by atoms with E-state index in [0.717, 1.165) is 39.9 Å². The van der Waals surface area contributed by atoms with Gasteiger partial charge in [0.15, 0.2) is 0 Å². The Morgan fingerprint density at radius 1 is 1.10 bits per heavy atom. The standard InChI is InChI=1S/C23H23N3O3/c1-14(27)25-11-9-23(17-5-4-16-8-10-24-20(16)12-17)19-13-18(29-3)6-7-21(19)26(15(2)28)22(23)25/h4-8,10,12-13,22,24H,9,11H2,1-3H3/t22-,23-/m0/s1. The Labute approximate surface area is 169 Å². The molecule has 0 spiro atoms. The van der Waals surface area contributed by atoms with Crippen molar-refractivity contribution in [2.45, 2.75) is 31.8 Å². The van der Waals surface area contributed by atoms with Crippen molar-refractivity contribution in [2.24, 2.45) is 0 Å². The molecule has 6 nitrogen and oxygen atoms in total. The summed E-state index contributed by atoms with van der Waals surface area (Å²) >= 11 is 0. The van der Waals surface area contributed by atoms with E-state index in [1.165, 1.54) is 0 Å². The number of H-pyrrole nitrogens is 1. The van der Waals surface area contributed by atoms with Gasteiger partial charge in [0, 0.05) is 32.1 Å². The Balaban J connectivity index is 1.82. The average Bonchev–Trinajstić information content (AvgIpc) is 3.38. The smallest absolute Gasteiger partial charge is 0.225 e. The lowest BCUT2D eigenvalue weighted by Gasteiger charge is -2.37. The maximum atomic E-state index is 12.8. The van der Waals surface area contributed by atoms with Crippen molar-refractivity contribution < 1.29 is 14.3 Å². The van der Waals surface area contributed by atoms with Gasteiger partial charge in [-0.1, -0.05) is 12.1 Å². The molecule has 148 valence electrons. The lowest BCUT2D eigenvalue weighted by Crippen LogP contribution is -2.53. The Bertz CT molecular complexity index is 1150. The third-order valence-electron chi connectivity index (χ3n) is 6.49. The first-order valence-electron chi connectivity index (χ1n) is 9.80. The zero-order valence-corrected chi connectivity index (χ0v) is 16.7. The fourth-order valence-electron chi connectivity index (χ4n) is 5.23. The number of anilines is 1. The molecule has 29 heavy (non-hydrogen) atoms.